The monoisotopic (exact) mass is 419 g/mol. The van der Waals surface area contributed by atoms with E-state index in [4.69, 9.17) is 9.15 Å². The number of amides is 4. The first-order valence-corrected chi connectivity index (χ1v) is 9.72. The predicted octanol–water partition coefficient (Wildman–Crippen LogP) is 3.65. The van der Waals surface area contributed by atoms with Crippen molar-refractivity contribution >= 4 is 29.2 Å². The SMILES string of the molecule is COc1cccc(N2C(=O)[C@H](CC(=O)Nc3ccccc3)N(Cc3ccco3)C2=O)c1. The van der Waals surface area contributed by atoms with Crippen LogP contribution < -0.4 is 15.0 Å². The van der Waals surface area contributed by atoms with Crippen molar-refractivity contribution < 1.29 is 23.5 Å². The van der Waals surface area contributed by atoms with Gasteiger partial charge in [-0.25, -0.2) is 9.69 Å². The van der Waals surface area contributed by atoms with Crippen LogP contribution in [0.25, 0.3) is 0 Å². The van der Waals surface area contributed by atoms with Crippen LogP contribution in [0.4, 0.5) is 16.2 Å². The van der Waals surface area contributed by atoms with Gasteiger partial charge in [-0.1, -0.05) is 24.3 Å². The molecule has 158 valence electrons. The van der Waals surface area contributed by atoms with E-state index in [0.717, 1.165) is 4.90 Å². The number of ether oxygens (including phenoxy) is 1. The maximum atomic E-state index is 13.3. The first kappa shape index (κ1) is 20.2. The molecular formula is C23H21N3O5. The Balaban J connectivity index is 1.60. The first-order chi connectivity index (χ1) is 15.1. The van der Waals surface area contributed by atoms with E-state index in [1.165, 1.54) is 18.3 Å². The molecule has 1 aliphatic heterocycles. The highest BCUT2D eigenvalue weighted by atomic mass is 16.5. The fraction of sp³-hybridized carbons (Fsp3) is 0.174. The molecule has 0 saturated carbocycles. The molecule has 0 spiro atoms. The molecule has 0 unspecified atom stereocenters. The summed E-state index contributed by atoms with van der Waals surface area (Å²) in [5.41, 5.74) is 0.997. The number of carbonyl (C=O) groups is 3. The molecule has 3 aromatic rings. The molecule has 1 N–H and O–H groups in total. The van der Waals surface area contributed by atoms with E-state index in [0.29, 0.717) is 22.9 Å². The number of rotatable bonds is 7. The maximum absolute atomic E-state index is 13.3. The zero-order chi connectivity index (χ0) is 21.8. The van der Waals surface area contributed by atoms with Gasteiger partial charge in [0.2, 0.25) is 5.91 Å². The van der Waals surface area contributed by atoms with E-state index in [-0.39, 0.29) is 18.9 Å². The normalized spacial score (nSPS) is 16.0. The van der Waals surface area contributed by atoms with Crippen molar-refractivity contribution in [2.24, 2.45) is 0 Å². The summed E-state index contributed by atoms with van der Waals surface area (Å²) >= 11 is 0. The van der Waals surface area contributed by atoms with Crippen LogP contribution in [0, 0.1) is 0 Å². The first-order valence-electron chi connectivity index (χ1n) is 9.72. The molecule has 8 nitrogen and oxygen atoms in total. The van der Waals surface area contributed by atoms with Crippen LogP contribution in [-0.4, -0.2) is 35.9 Å². The number of hydrogen-bond acceptors (Lipinski definition) is 5. The van der Waals surface area contributed by atoms with Gasteiger partial charge in [0.25, 0.3) is 5.91 Å². The second-order valence-electron chi connectivity index (χ2n) is 7.00. The lowest BCUT2D eigenvalue weighted by Crippen LogP contribution is -2.37. The topological polar surface area (TPSA) is 92.1 Å². The fourth-order valence-corrected chi connectivity index (χ4v) is 3.48. The van der Waals surface area contributed by atoms with Gasteiger partial charge in [0.1, 0.15) is 17.6 Å². The fourth-order valence-electron chi connectivity index (χ4n) is 3.48. The maximum Gasteiger partial charge on any atom is 0.332 e. The van der Waals surface area contributed by atoms with E-state index in [1.807, 2.05) is 6.07 Å². The lowest BCUT2D eigenvalue weighted by Gasteiger charge is -2.20. The molecular weight excluding hydrogens is 398 g/mol. The molecule has 4 rings (SSSR count). The Hall–Kier alpha value is -4.07. The summed E-state index contributed by atoms with van der Waals surface area (Å²) < 4.78 is 10.6. The van der Waals surface area contributed by atoms with Gasteiger partial charge in [-0.05, 0) is 36.4 Å². The van der Waals surface area contributed by atoms with Crippen LogP contribution in [0.2, 0.25) is 0 Å². The number of hydrogen-bond donors (Lipinski definition) is 1. The van der Waals surface area contributed by atoms with E-state index in [1.54, 1.807) is 60.7 Å². The quantitative estimate of drug-likeness (QED) is 0.590. The largest absolute Gasteiger partial charge is 0.497 e. The van der Waals surface area contributed by atoms with Crippen LogP contribution in [0.3, 0.4) is 0 Å². The highest BCUT2D eigenvalue weighted by Crippen LogP contribution is 2.30. The van der Waals surface area contributed by atoms with Gasteiger partial charge in [0, 0.05) is 11.8 Å². The molecule has 1 atom stereocenters. The van der Waals surface area contributed by atoms with Gasteiger partial charge in [-0.15, -0.1) is 0 Å². The second-order valence-corrected chi connectivity index (χ2v) is 7.00. The van der Waals surface area contributed by atoms with Crippen molar-refractivity contribution in [2.75, 3.05) is 17.3 Å². The molecule has 0 bridgehead atoms. The average molecular weight is 419 g/mol. The lowest BCUT2D eigenvalue weighted by atomic mass is 10.1. The van der Waals surface area contributed by atoms with Crippen molar-refractivity contribution in [3.8, 4) is 5.75 Å². The summed E-state index contributed by atoms with van der Waals surface area (Å²) in [6.45, 7) is 0.0708. The number of nitrogens with one attached hydrogen (secondary N) is 1. The minimum atomic E-state index is -0.965. The number of anilines is 2. The number of benzene rings is 2. The molecule has 0 aliphatic carbocycles. The van der Waals surface area contributed by atoms with Crippen molar-refractivity contribution in [3.05, 3.63) is 78.8 Å². The Kier molecular flexibility index (Phi) is 5.70. The number of para-hydroxylation sites is 1. The molecule has 1 aromatic heterocycles. The third-order valence-electron chi connectivity index (χ3n) is 4.97. The number of methoxy groups -OCH3 is 1. The number of furan rings is 1. The summed E-state index contributed by atoms with van der Waals surface area (Å²) in [7, 11) is 1.51. The van der Waals surface area contributed by atoms with Crippen LogP contribution in [-0.2, 0) is 16.1 Å². The van der Waals surface area contributed by atoms with Crippen LogP contribution in [0.5, 0.6) is 5.75 Å². The highest BCUT2D eigenvalue weighted by Gasteiger charge is 2.47. The van der Waals surface area contributed by atoms with E-state index in [2.05, 4.69) is 5.32 Å². The molecule has 1 aliphatic rings. The summed E-state index contributed by atoms with van der Waals surface area (Å²) in [6.07, 6.45) is 1.31. The molecule has 0 radical (unpaired) electrons. The van der Waals surface area contributed by atoms with Crippen molar-refractivity contribution in [1.29, 1.82) is 0 Å². The lowest BCUT2D eigenvalue weighted by molar-refractivity contribution is -0.124. The number of carbonyl (C=O) groups excluding carboxylic acids is 3. The minimum absolute atomic E-state index is 0.0708. The molecule has 2 aromatic carbocycles. The van der Waals surface area contributed by atoms with E-state index >= 15 is 0 Å². The van der Waals surface area contributed by atoms with Crippen LogP contribution in [0.15, 0.2) is 77.4 Å². The number of imide groups is 1. The smallest absolute Gasteiger partial charge is 0.332 e. The van der Waals surface area contributed by atoms with Gasteiger partial charge in [-0.2, -0.15) is 0 Å². The number of urea groups is 1. The minimum Gasteiger partial charge on any atom is -0.497 e. The van der Waals surface area contributed by atoms with Crippen molar-refractivity contribution in [3.63, 3.8) is 0 Å². The Bertz CT molecular complexity index is 1080. The Morgan fingerprint density at radius 1 is 1.06 bits per heavy atom. The summed E-state index contributed by atoms with van der Waals surface area (Å²) in [6, 6.07) is 17.5. The predicted molar refractivity (Wildman–Crippen MR) is 114 cm³/mol. The summed E-state index contributed by atoms with van der Waals surface area (Å²) in [5.74, 6) is 0.186. The van der Waals surface area contributed by atoms with Gasteiger partial charge in [-0.3, -0.25) is 9.59 Å². The Labute approximate surface area is 179 Å². The van der Waals surface area contributed by atoms with Gasteiger partial charge in [0.05, 0.1) is 32.0 Å². The molecule has 1 fully saturated rings. The second kappa shape index (κ2) is 8.74. The van der Waals surface area contributed by atoms with Crippen LogP contribution in [0.1, 0.15) is 12.2 Å². The van der Waals surface area contributed by atoms with E-state index in [9.17, 15) is 14.4 Å². The zero-order valence-corrected chi connectivity index (χ0v) is 16.9. The molecule has 2 heterocycles. The Morgan fingerprint density at radius 3 is 2.58 bits per heavy atom. The third-order valence-corrected chi connectivity index (χ3v) is 4.97. The molecule has 8 heteroatoms. The van der Waals surface area contributed by atoms with Gasteiger partial charge in [0.15, 0.2) is 0 Å². The average Bonchev–Trinajstić information content (AvgIpc) is 3.37. The number of nitrogens with zero attached hydrogens (tertiary/aromatic N) is 2. The van der Waals surface area contributed by atoms with Gasteiger partial charge < -0.3 is 19.4 Å². The van der Waals surface area contributed by atoms with Crippen molar-refractivity contribution in [2.45, 2.75) is 19.0 Å². The third kappa shape index (κ3) is 4.28. The van der Waals surface area contributed by atoms with Gasteiger partial charge >= 0.3 is 6.03 Å². The standard InChI is InChI=1S/C23H21N3O5/c1-30-18-10-5-9-17(13-18)26-22(28)20(14-21(27)24-16-7-3-2-4-8-16)25(23(26)29)15-19-11-6-12-31-19/h2-13,20H,14-15H2,1H3,(H,24,27)/t20-/m0/s1. The van der Waals surface area contributed by atoms with E-state index < -0.39 is 18.0 Å². The molecule has 4 amide bonds. The summed E-state index contributed by atoms with van der Waals surface area (Å²) in [5, 5.41) is 2.77. The summed E-state index contributed by atoms with van der Waals surface area (Å²) in [4.78, 5) is 41.5. The van der Waals surface area contributed by atoms with Crippen molar-refractivity contribution in [1.82, 2.24) is 4.90 Å². The highest BCUT2D eigenvalue weighted by molar-refractivity contribution is 6.22. The zero-order valence-electron chi connectivity index (χ0n) is 16.9. The van der Waals surface area contributed by atoms with Crippen LogP contribution >= 0.6 is 0 Å². The Morgan fingerprint density at radius 2 is 1.87 bits per heavy atom. The molecule has 1 saturated heterocycles. The molecule has 31 heavy (non-hydrogen) atoms.